The van der Waals surface area contributed by atoms with E-state index in [-0.39, 0.29) is 5.91 Å². The van der Waals surface area contributed by atoms with Crippen LogP contribution in [0.25, 0.3) is 0 Å². The number of ether oxygens (including phenoxy) is 2. The van der Waals surface area contributed by atoms with Crippen LogP contribution in [-0.4, -0.2) is 25.5 Å². The van der Waals surface area contributed by atoms with Gasteiger partial charge in [0.15, 0.2) is 11.5 Å². The van der Waals surface area contributed by atoms with Crippen molar-refractivity contribution in [2.45, 2.75) is 19.9 Å². The maximum absolute atomic E-state index is 11.3. The largest absolute Gasteiger partial charge is 0.493 e. The standard InChI is InChI=1S/C13H18ClNO3/c1-3-18-12-8-10(4-5-11(12)17-2)9-15-13(16)6-7-14/h4-5,8H,3,6-7,9H2,1-2H3,(H,15,16). The van der Waals surface area contributed by atoms with Gasteiger partial charge in [0.2, 0.25) is 5.91 Å². The van der Waals surface area contributed by atoms with E-state index in [4.69, 9.17) is 21.1 Å². The zero-order valence-electron chi connectivity index (χ0n) is 10.7. The van der Waals surface area contributed by atoms with Gasteiger partial charge in [0, 0.05) is 18.8 Å². The highest BCUT2D eigenvalue weighted by molar-refractivity contribution is 6.18. The highest BCUT2D eigenvalue weighted by Gasteiger charge is 2.06. The predicted molar refractivity (Wildman–Crippen MR) is 71.3 cm³/mol. The summed E-state index contributed by atoms with van der Waals surface area (Å²) in [6, 6.07) is 5.58. The molecule has 100 valence electrons. The Morgan fingerprint density at radius 2 is 2.17 bits per heavy atom. The molecule has 0 fully saturated rings. The van der Waals surface area contributed by atoms with E-state index in [2.05, 4.69) is 5.32 Å². The Bertz CT molecular complexity index is 396. The summed E-state index contributed by atoms with van der Waals surface area (Å²) in [6.07, 6.45) is 0.329. The molecule has 0 atom stereocenters. The van der Waals surface area contributed by atoms with E-state index in [0.29, 0.717) is 37.0 Å². The number of amides is 1. The molecular formula is C13H18ClNO3. The Balaban J connectivity index is 2.66. The number of halogens is 1. The highest BCUT2D eigenvalue weighted by Crippen LogP contribution is 2.27. The molecule has 4 nitrogen and oxygen atoms in total. The number of hydrogen-bond acceptors (Lipinski definition) is 3. The average Bonchev–Trinajstić information content (AvgIpc) is 2.37. The van der Waals surface area contributed by atoms with E-state index in [1.54, 1.807) is 7.11 Å². The van der Waals surface area contributed by atoms with Gasteiger partial charge in [-0.2, -0.15) is 0 Å². The monoisotopic (exact) mass is 271 g/mol. The van der Waals surface area contributed by atoms with Crippen molar-refractivity contribution in [3.63, 3.8) is 0 Å². The summed E-state index contributed by atoms with van der Waals surface area (Å²) >= 11 is 5.49. The lowest BCUT2D eigenvalue weighted by Gasteiger charge is -2.11. The van der Waals surface area contributed by atoms with E-state index in [0.717, 1.165) is 5.56 Å². The smallest absolute Gasteiger partial charge is 0.221 e. The average molecular weight is 272 g/mol. The summed E-state index contributed by atoms with van der Waals surface area (Å²) in [7, 11) is 1.60. The number of carbonyl (C=O) groups excluding carboxylic acids is 1. The van der Waals surface area contributed by atoms with Gasteiger partial charge >= 0.3 is 0 Å². The molecule has 1 rings (SSSR count). The quantitative estimate of drug-likeness (QED) is 0.775. The van der Waals surface area contributed by atoms with Crippen LogP contribution in [-0.2, 0) is 11.3 Å². The van der Waals surface area contributed by atoms with Gasteiger partial charge in [0.05, 0.1) is 13.7 Å². The van der Waals surface area contributed by atoms with Crippen LogP contribution < -0.4 is 14.8 Å². The lowest BCUT2D eigenvalue weighted by molar-refractivity contribution is -0.120. The Morgan fingerprint density at radius 1 is 1.39 bits per heavy atom. The SMILES string of the molecule is CCOc1cc(CNC(=O)CCCl)ccc1OC. The first-order chi connectivity index (χ1) is 8.71. The summed E-state index contributed by atoms with van der Waals surface area (Å²) in [6.45, 7) is 2.94. The molecule has 18 heavy (non-hydrogen) atoms. The van der Waals surface area contributed by atoms with Crippen molar-refractivity contribution >= 4 is 17.5 Å². The van der Waals surface area contributed by atoms with Crippen molar-refractivity contribution in [1.29, 1.82) is 0 Å². The van der Waals surface area contributed by atoms with Gasteiger partial charge in [-0.15, -0.1) is 11.6 Å². The van der Waals surface area contributed by atoms with Crippen molar-refractivity contribution in [2.24, 2.45) is 0 Å². The second kappa shape index (κ2) is 7.82. The van der Waals surface area contributed by atoms with E-state index < -0.39 is 0 Å². The summed E-state index contributed by atoms with van der Waals surface area (Å²) in [5.41, 5.74) is 0.960. The number of methoxy groups -OCH3 is 1. The minimum atomic E-state index is -0.0567. The van der Waals surface area contributed by atoms with Gasteiger partial charge in [-0.25, -0.2) is 0 Å². The molecule has 0 radical (unpaired) electrons. The number of hydrogen-bond donors (Lipinski definition) is 1. The molecule has 0 spiro atoms. The molecule has 1 aromatic carbocycles. The molecule has 1 aromatic rings. The molecule has 1 amide bonds. The first-order valence-corrected chi connectivity index (χ1v) is 6.37. The van der Waals surface area contributed by atoms with Crippen LogP contribution in [0.3, 0.4) is 0 Å². The van der Waals surface area contributed by atoms with Crippen LogP contribution in [0, 0.1) is 0 Å². The Kier molecular flexibility index (Phi) is 6.36. The molecule has 1 N–H and O–H groups in total. The third-order valence-corrected chi connectivity index (χ3v) is 2.53. The molecule has 5 heteroatoms. The maximum Gasteiger partial charge on any atom is 0.221 e. The summed E-state index contributed by atoms with van der Waals surface area (Å²) in [5, 5.41) is 2.79. The van der Waals surface area contributed by atoms with Crippen LogP contribution in [0.5, 0.6) is 11.5 Å². The molecule has 0 aromatic heterocycles. The zero-order chi connectivity index (χ0) is 13.4. The van der Waals surface area contributed by atoms with E-state index >= 15 is 0 Å². The molecule has 0 unspecified atom stereocenters. The van der Waals surface area contributed by atoms with Gasteiger partial charge in [-0.1, -0.05) is 6.07 Å². The van der Waals surface area contributed by atoms with E-state index in [1.807, 2.05) is 25.1 Å². The van der Waals surface area contributed by atoms with Crippen molar-refractivity contribution in [3.05, 3.63) is 23.8 Å². The first kappa shape index (κ1) is 14.6. The zero-order valence-corrected chi connectivity index (χ0v) is 11.4. The van der Waals surface area contributed by atoms with Gasteiger partial charge in [-0.3, -0.25) is 4.79 Å². The minimum Gasteiger partial charge on any atom is -0.493 e. The van der Waals surface area contributed by atoms with Crippen molar-refractivity contribution in [1.82, 2.24) is 5.32 Å². The minimum absolute atomic E-state index is 0.0567. The van der Waals surface area contributed by atoms with Crippen molar-refractivity contribution in [2.75, 3.05) is 19.6 Å². The van der Waals surface area contributed by atoms with Crippen molar-refractivity contribution < 1.29 is 14.3 Å². The second-order valence-electron chi connectivity index (χ2n) is 3.63. The van der Waals surface area contributed by atoms with E-state index in [1.165, 1.54) is 0 Å². The molecule has 0 bridgehead atoms. The van der Waals surface area contributed by atoms with Gasteiger partial charge in [0.1, 0.15) is 0 Å². The summed E-state index contributed by atoms with van der Waals surface area (Å²) < 4.78 is 10.7. The third kappa shape index (κ3) is 4.45. The van der Waals surface area contributed by atoms with Crippen molar-refractivity contribution in [3.8, 4) is 11.5 Å². The number of rotatable bonds is 7. The number of carbonyl (C=O) groups is 1. The van der Waals surface area contributed by atoms with Gasteiger partial charge < -0.3 is 14.8 Å². The normalized spacial score (nSPS) is 9.94. The fourth-order valence-corrected chi connectivity index (χ4v) is 1.65. The molecule has 0 saturated heterocycles. The summed E-state index contributed by atoms with van der Waals surface area (Å²) in [4.78, 5) is 11.3. The fraction of sp³-hybridized carbons (Fsp3) is 0.462. The molecule has 0 aliphatic carbocycles. The molecule has 0 saturated carbocycles. The summed E-state index contributed by atoms with van der Waals surface area (Å²) in [5.74, 6) is 1.65. The Morgan fingerprint density at radius 3 is 2.78 bits per heavy atom. The number of alkyl halides is 1. The van der Waals surface area contributed by atoms with Crippen LogP contribution in [0.4, 0.5) is 0 Å². The predicted octanol–water partition coefficient (Wildman–Crippen LogP) is 2.34. The molecule has 0 aliphatic rings. The van der Waals surface area contributed by atoms with Crippen LogP contribution in [0.2, 0.25) is 0 Å². The highest BCUT2D eigenvalue weighted by atomic mass is 35.5. The topological polar surface area (TPSA) is 47.6 Å². The van der Waals surface area contributed by atoms with E-state index in [9.17, 15) is 4.79 Å². The Labute approximate surface area is 112 Å². The van der Waals surface area contributed by atoms with Crippen LogP contribution >= 0.6 is 11.6 Å². The van der Waals surface area contributed by atoms with Gasteiger partial charge in [-0.05, 0) is 24.6 Å². The molecule has 0 heterocycles. The molecule has 0 aliphatic heterocycles. The third-order valence-electron chi connectivity index (χ3n) is 2.34. The second-order valence-corrected chi connectivity index (χ2v) is 4.01. The number of benzene rings is 1. The lowest BCUT2D eigenvalue weighted by atomic mass is 10.2. The molecular weight excluding hydrogens is 254 g/mol. The lowest BCUT2D eigenvalue weighted by Crippen LogP contribution is -2.22. The number of nitrogens with one attached hydrogen (secondary N) is 1. The Hall–Kier alpha value is -1.42. The fourth-order valence-electron chi connectivity index (χ4n) is 1.47. The first-order valence-electron chi connectivity index (χ1n) is 5.83. The van der Waals surface area contributed by atoms with Gasteiger partial charge in [0.25, 0.3) is 0 Å². The van der Waals surface area contributed by atoms with Crippen LogP contribution in [0.15, 0.2) is 18.2 Å². The maximum atomic E-state index is 11.3. The van der Waals surface area contributed by atoms with Crippen LogP contribution in [0.1, 0.15) is 18.9 Å².